The maximum absolute atomic E-state index is 11.7. The number of carbonyl (C=O) groups excluding carboxylic acids is 4. The molecule has 1 aliphatic rings. The molecule has 4 rings (SSSR count). The number of aryl methyl sites for hydroxylation is 1. The summed E-state index contributed by atoms with van der Waals surface area (Å²) in [5.41, 5.74) is 5.70. The van der Waals surface area contributed by atoms with Crippen LogP contribution in [-0.2, 0) is 61.2 Å². The zero-order chi connectivity index (χ0) is 46.4. The summed E-state index contributed by atoms with van der Waals surface area (Å²) < 4.78 is 66.9. The van der Waals surface area contributed by atoms with Gasteiger partial charge in [0.25, 0.3) is 20.8 Å². The predicted octanol–water partition coefficient (Wildman–Crippen LogP) is 0.131. The van der Waals surface area contributed by atoms with E-state index in [2.05, 4.69) is 33.8 Å². The van der Waals surface area contributed by atoms with E-state index in [1.807, 2.05) is 63.2 Å². The fraction of sp³-hybridized carbons (Fsp3) is 0.500. The van der Waals surface area contributed by atoms with Gasteiger partial charge in [-0.3, -0.25) is 23.7 Å². The minimum absolute atomic E-state index is 0. The summed E-state index contributed by atoms with van der Waals surface area (Å²) >= 11 is 0. The van der Waals surface area contributed by atoms with Gasteiger partial charge >= 0.3 is 35.6 Å². The van der Waals surface area contributed by atoms with Gasteiger partial charge in [0, 0.05) is 32.4 Å². The number of Topliss-reactive ketones (excluding diaryl/α,β-unsaturated/α-hetero) is 1. The Bertz CT molecular complexity index is 1960. The predicted molar refractivity (Wildman–Crippen MR) is 227 cm³/mol. The van der Waals surface area contributed by atoms with Crippen molar-refractivity contribution in [2.45, 2.75) is 39.7 Å². The van der Waals surface area contributed by atoms with Gasteiger partial charge in [-0.05, 0) is 56.0 Å². The molecule has 23 heteroatoms. The quantitative estimate of drug-likeness (QED) is 0.0378. The monoisotopic (exact) mass is 942 g/mol. The molecule has 352 valence electrons. The Morgan fingerprint density at radius 2 is 1.62 bits per heavy atom. The fourth-order valence-corrected chi connectivity index (χ4v) is 6.03. The number of ether oxygens (including phenoxy) is 9. The Morgan fingerprint density at radius 3 is 2.32 bits per heavy atom. The van der Waals surface area contributed by atoms with Crippen LogP contribution in [0.1, 0.15) is 37.8 Å². The third-order valence-corrected chi connectivity index (χ3v) is 9.30. The second-order valence-electron chi connectivity index (χ2n) is 13.2. The number of fused-ring (bicyclic) bond motifs is 1. The maximum atomic E-state index is 11.7. The van der Waals surface area contributed by atoms with E-state index in [1.165, 1.54) is 0 Å². The summed E-state index contributed by atoms with van der Waals surface area (Å²) in [5, 5.41) is 2.37. The van der Waals surface area contributed by atoms with Crippen LogP contribution in [0.3, 0.4) is 0 Å². The number of ketones is 1. The van der Waals surface area contributed by atoms with Crippen molar-refractivity contribution in [2.75, 3.05) is 99.5 Å². The SMILES string of the molecule is CCOCCOCCCC(=O)COCCOCC(=O)NCCOP(=O)([O-])OCC(COC=O)OC=O.CCOc1ncc(-c2ccc(C3=Nc4cc(C)ccc4OC3)cc2)c(OC)n1.[Na+]. The van der Waals surface area contributed by atoms with Gasteiger partial charge in [-0.1, -0.05) is 30.3 Å². The number of nitrogens with one attached hydrogen (secondary N) is 1. The van der Waals surface area contributed by atoms with Gasteiger partial charge in [0.15, 0.2) is 11.9 Å². The number of benzene rings is 2. The molecule has 21 nitrogen and oxygen atoms in total. The molecule has 0 fully saturated rings. The molecule has 1 aliphatic heterocycles. The zero-order valence-corrected chi connectivity index (χ0v) is 40.3. The Kier molecular flexibility index (Phi) is 28.9. The topological polar surface area (TPSA) is 260 Å². The first-order valence-corrected chi connectivity index (χ1v) is 21.8. The van der Waals surface area contributed by atoms with E-state index >= 15 is 0 Å². The number of phosphoric acid groups is 1. The molecule has 1 N–H and O–H groups in total. The van der Waals surface area contributed by atoms with Crippen molar-refractivity contribution in [3.8, 4) is 28.8 Å². The third-order valence-electron chi connectivity index (χ3n) is 8.34. The van der Waals surface area contributed by atoms with Crippen molar-refractivity contribution in [1.29, 1.82) is 0 Å². The first-order valence-electron chi connectivity index (χ1n) is 20.3. The average molecular weight is 943 g/mol. The van der Waals surface area contributed by atoms with Gasteiger partial charge in [-0.25, -0.2) is 9.98 Å². The van der Waals surface area contributed by atoms with E-state index in [0.29, 0.717) is 64.4 Å². The van der Waals surface area contributed by atoms with Crippen molar-refractivity contribution in [1.82, 2.24) is 15.3 Å². The van der Waals surface area contributed by atoms with Crippen LogP contribution in [0, 0.1) is 6.92 Å². The molecule has 2 unspecified atom stereocenters. The molecule has 3 aromatic rings. The van der Waals surface area contributed by atoms with Gasteiger partial charge in [0.1, 0.15) is 37.9 Å². The second kappa shape index (κ2) is 33.1. The molecule has 0 radical (unpaired) electrons. The zero-order valence-electron chi connectivity index (χ0n) is 37.4. The van der Waals surface area contributed by atoms with Crippen LogP contribution in [0.4, 0.5) is 5.69 Å². The number of amides is 1. The number of hydrogen-bond acceptors (Lipinski definition) is 20. The second-order valence-corrected chi connectivity index (χ2v) is 14.6. The van der Waals surface area contributed by atoms with Crippen molar-refractivity contribution in [2.24, 2.45) is 4.99 Å². The van der Waals surface area contributed by atoms with Crippen LogP contribution in [-0.4, -0.2) is 146 Å². The van der Waals surface area contributed by atoms with E-state index < -0.39 is 39.7 Å². The first kappa shape index (κ1) is 56.7. The molecule has 0 spiro atoms. The molecule has 1 amide bonds. The summed E-state index contributed by atoms with van der Waals surface area (Å²) in [7, 11) is -3.16. The largest absolute Gasteiger partial charge is 1.00 e. The molecule has 0 aliphatic carbocycles. The van der Waals surface area contributed by atoms with Gasteiger partial charge < -0.3 is 61.9 Å². The molecule has 0 saturated heterocycles. The summed E-state index contributed by atoms with van der Waals surface area (Å²) in [6.07, 6.45) is 1.51. The average Bonchev–Trinajstić information content (AvgIpc) is 3.29. The van der Waals surface area contributed by atoms with Crippen LogP contribution in [0.2, 0.25) is 0 Å². The fourth-order valence-electron chi connectivity index (χ4n) is 5.29. The molecule has 1 aromatic heterocycles. The molecule has 2 aromatic carbocycles. The van der Waals surface area contributed by atoms with Gasteiger partial charge in [-0.2, -0.15) is 4.98 Å². The van der Waals surface area contributed by atoms with E-state index in [0.717, 1.165) is 39.4 Å². The van der Waals surface area contributed by atoms with E-state index in [-0.39, 0.29) is 81.3 Å². The third kappa shape index (κ3) is 23.1. The van der Waals surface area contributed by atoms with Crippen LogP contribution >= 0.6 is 7.82 Å². The van der Waals surface area contributed by atoms with Crippen molar-refractivity contribution in [3.05, 3.63) is 59.8 Å². The Hall–Kier alpha value is -4.38. The number of aliphatic imine (C=N–C) groups is 1. The molecule has 0 saturated carbocycles. The van der Waals surface area contributed by atoms with E-state index in [4.69, 9.17) is 38.2 Å². The molecule has 65 heavy (non-hydrogen) atoms. The number of carbonyl (C=O) groups is 4. The summed E-state index contributed by atoms with van der Waals surface area (Å²) in [4.78, 5) is 68.7. The number of hydrogen-bond donors (Lipinski definition) is 1. The number of nitrogens with zero attached hydrogens (tertiary/aromatic N) is 3. The standard InChI is InChI=1S/C22H21N3O3.C20H36NO14P.Na/c1-4-27-22-23-12-17(21(25-22)26-3)15-6-8-16(9-7-15)19-13-28-20-10-5-14(2)11-18(20)24-19;1-2-28-8-9-29-6-3-4-18(24)12-30-10-11-31-15-20(25)21-5-7-34-36(26,27)35-14-19(33-17-23)13-32-16-22;/h5-12H,4,13H2,1-3H3;16-17,19H,2-15H2,1H3,(H,21,25)(H,26,27);/q;;+1/p-1. The molecular weight excluding hydrogens is 886 g/mol. The Balaban J connectivity index is 0.000000450. The summed E-state index contributed by atoms with van der Waals surface area (Å²) in [6.45, 7) is 7.31. The van der Waals surface area contributed by atoms with Crippen LogP contribution in [0.25, 0.3) is 11.1 Å². The minimum Gasteiger partial charge on any atom is -0.756 e. The summed E-state index contributed by atoms with van der Waals surface area (Å²) in [5.74, 6) is 0.712. The molecule has 2 atom stereocenters. The van der Waals surface area contributed by atoms with E-state index in [1.54, 1.807) is 13.3 Å². The van der Waals surface area contributed by atoms with Crippen LogP contribution in [0.5, 0.6) is 17.6 Å². The number of aromatic nitrogens is 2. The Morgan fingerprint density at radius 1 is 0.892 bits per heavy atom. The number of phosphoric ester groups is 1. The summed E-state index contributed by atoms with van der Waals surface area (Å²) in [6, 6.07) is 14.4. The number of rotatable bonds is 32. The first-order chi connectivity index (χ1) is 31.0. The molecule has 0 bridgehead atoms. The van der Waals surface area contributed by atoms with Crippen LogP contribution in [0.15, 0.2) is 53.7 Å². The molecule has 2 heterocycles. The maximum Gasteiger partial charge on any atom is 1.00 e. The molecular formula is C42H56N4NaO17P. The van der Waals surface area contributed by atoms with Crippen molar-refractivity contribution in [3.63, 3.8) is 0 Å². The van der Waals surface area contributed by atoms with Gasteiger partial charge in [0.2, 0.25) is 11.8 Å². The smallest absolute Gasteiger partial charge is 0.756 e. The normalized spacial score (nSPS) is 12.8. The van der Waals surface area contributed by atoms with Crippen molar-refractivity contribution < 1.29 is 110 Å². The van der Waals surface area contributed by atoms with Gasteiger partial charge in [0.05, 0.1) is 64.6 Å². The minimum atomic E-state index is -4.75. The van der Waals surface area contributed by atoms with E-state index in [9.17, 15) is 28.6 Å². The number of methoxy groups -OCH3 is 1. The van der Waals surface area contributed by atoms with Crippen LogP contribution < -0.4 is 54.0 Å². The Labute approximate surface area is 400 Å². The van der Waals surface area contributed by atoms with Crippen molar-refractivity contribution >= 4 is 43.9 Å². The van der Waals surface area contributed by atoms with Gasteiger partial charge in [-0.15, -0.1) is 0 Å².